The summed E-state index contributed by atoms with van der Waals surface area (Å²) in [6.45, 7) is 4.50. The van der Waals surface area contributed by atoms with E-state index in [0.29, 0.717) is 13.0 Å². The van der Waals surface area contributed by atoms with Crippen LogP contribution in [0.1, 0.15) is 38.4 Å². The van der Waals surface area contributed by atoms with Gasteiger partial charge in [0.05, 0.1) is 12.7 Å². The molecular weight excluding hydrogens is 228 g/mol. The van der Waals surface area contributed by atoms with Gasteiger partial charge in [-0.25, -0.2) is 0 Å². The van der Waals surface area contributed by atoms with Gasteiger partial charge in [-0.05, 0) is 25.8 Å². The highest BCUT2D eigenvalue weighted by molar-refractivity contribution is 5.49. The second kappa shape index (κ2) is 5.63. The second-order valence-electron chi connectivity index (χ2n) is 5.16. The van der Waals surface area contributed by atoms with Crippen molar-refractivity contribution in [3.8, 4) is 0 Å². The van der Waals surface area contributed by atoms with Crippen molar-refractivity contribution in [2.45, 2.75) is 38.6 Å². The topological polar surface area (TPSA) is 35.5 Å². The lowest BCUT2D eigenvalue weighted by atomic mass is 9.91. The third kappa shape index (κ3) is 3.18. The first kappa shape index (κ1) is 13.2. The molecule has 0 aliphatic carbocycles. The Morgan fingerprint density at radius 3 is 2.72 bits per heavy atom. The predicted octanol–water partition coefficient (Wildman–Crippen LogP) is 3.11. The van der Waals surface area contributed by atoms with Crippen molar-refractivity contribution in [2.75, 3.05) is 6.61 Å². The quantitative estimate of drug-likeness (QED) is 0.768. The molecule has 2 atom stereocenters. The van der Waals surface area contributed by atoms with E-state index >= 15 is 0 Å². The van der Waals surface area contributed by atoms with Crippen LogP contribution in [0, 0.1) is 5.92 Å². The number of rotatable bonds is 4. The molecule has 1 aliphatic heterocycles. The summed E-state index contributed by atoms with van der Waals surface area (Å²) in [5, 5.41) is 0. The van der Waals surface area contributed by atoms with Crippen molar-refractivity contribution in [2.24, 2.45) is 5.92 Å². The highest BCUT2D eigenvalue weighted by Crippen LogP contribution is 2.38. The molecule has 98 valence electrons. The molecule has 0 spiro atoms. The minimum atomic E-state index is -0.557. The third-order valence-electron chi connectivity index (χ3n) is 3.27. The van der Waals surface area contributed by atoms with Crippen molar-refractivity contribution in [1.82, 2.24) is 0 Å². The van der Waals surface area contributed by atoms with Gasteiger partial charge in [0.15, 0.2) is 5.79 Å². The van der Waals surface area contributed by atoms with Crippen LogP contribution < -0.4 is 0 Å². The van der Waals surface area contributed by atoms with Gasteiger partial charge in [-0.2, -0.15) is 0 Å². The van der Waals surface area contributed by atoms with Crippen LogP contribution in [0.5, 0.6) is 0 Å². The van der Waals surface area contributed by atoms with Crippen LogP contribution in [0.4, 0.5) is 0 Å². The second-order valence-corrected chi connectivity index (χ2v) is 5.16. The maximum atomic E-state index is 10.5. The lowest BCUT2D eigenvalue weighted by Gasteiger charge is -2.41. The molecular formula is C15H20O3. The third-order valence-corrected chi connectivity index (χ3v) is 3.27. The monoisotopic (exact) mass is 248 g/mol. The first-order valence-electron chi connectivity index (χ1n) is 6.43. The van der Waals surface area contributed by atoms with Crippen molar-refractivity contribution < 1.29 is 14.3 Å². The van der Waals surface area contributed by atoms with Crippen LogP contribution in [0.3, 0.4) is 0 Å². The number of carbonyl (C=O) groups is 1. The molecule has 18 heavy (non-hydrogen) atoms. The lowest BCUT2D eigenvalue weighted by molar-refractivity contribution is -0.296. The first-order valence-corrected chi connectivity index (χ1v) is 6.43. The van der Waals surface area contributed by atoms with Crippen molar-refractivity contribution in [1.29, 1.82) is 0 Å². The molecule has 0 unspecified atom stereocenters. The van der Waals surface area contributed by atoms with Gasteiger partial charge < -0.3 is 14.3 Å². The van der Waals surface area contributed by atoms with Crippen LogP contribution in [-0.2, 0) is 14.3 Å². The van der Waals surface area contributed by atoms with Crippen molar-refractivity contribution in [3.63, 3.8) is 0 Å². The molecule has 0 aromatic heterocycles. The zero-order valence-corrected chi connectivity index (χ0v) is 11.0. The number of hydrogen-bond donors (Lipinski definition) is 0. The molecule has 1 aromatic carbocycles. The normalized spacial score (nSPS) is 26.8. The Kier molecular flexibility index (Phi) is 4.15. The van der Waals surface area contributed by atoms with E-state index in [9.17, 15) is 4.79 Å². The molecule has 1 aromatic rings. The molecule has 0 amide bonds. The van der Waals surface area contributed by atoms with E-state index in [0.717, 1.165) is 18.3 Å². The van der Waals surface area contributed by atoms with Crippen LogP contribution in [-0.4, -0.2) is 18.7 Å². The Hall–Kier alpha value is -1.19. The van der Waals surface area contributed by atoms with E-state index < -0.39 is 5.79 Å². The summed E-state index contributed by atoms with van der Waals surface area (Å²) in [6, 6.07) is 10.2. The molecule has 3 nitrogen and oxygen atoms in total. The zero-order valence-electron chi connectivity index (χ0n) is 11.0. The van der Waals surface area contributed by atoms with E-state index in [1.54, 1.807) is 0 Å². The summed E-state index contributed by atoms with van der Waals surface area (Å²) in [5.41, 5.74) is 1.16. The van der Waals surface area contributed by atoms with E-state index in [1.807, 2.05) is 32.0 Å². The Morgan fingerprint density at radius 1 is 1.33 bits per heavy atom. The highest BCUT2D eigenvalue weighted by atomic mass is 16.7. The molecule has 1 aliphatic rings. The van der Waals surface area contributed by atoms with Crippen LogP contribution in [0.2, 0.25) is 0 Å². The standard InChI is InChI=1S/C15H20O3/c1-15(2)17-11-13(9-6-10-16)14(18-15)12-7-4-3-5-8-12/h3-5,7-8,10,13-14H,6,9,11H2,1-2H3/t13-,14-/m1/s1. The van der Waals surface area contributed by atoms with Gasteiger partial charge in [0.25, 0.3) is 0 Å². The average molecular weight is 248 g/mol. The largest absolute Gasteiger partial charge is 0.350 e. The smallest absolute Gasteiger partial charge is 0.163 e. The Morgan fingerprint density at radius 2 is 2.06 bits per heavy atom. The Labute approximate surface area is 108 Å². The van der Waals surface area contributed by atoms with E-state index in [-0.39, 0.29) is 12.0 Å². The fourth-order valence-electron chi connectivity index (χ4n) is 2.33. The molecule has 2 rings (SSSR count). The molecule has 0 saturated carbocycles. The zero-order chi connectivity index (χ0) is 13.0. The summed E-state index contributed by atoms with van der Waals surface area (Å²) in [4.78, 5) is 10.5. The predicted molar refractivity (Wildman–Crippen MR) is 69.1 cm³/mol. The van der Waals surface area contributed by atoms with Crippen LogP contribution >= 0.6 is 0 Å². The van der Waals surface area contributed by atoms with E-state index in [2.05, 4.69) is 12.1 Å². The summed E-state index contributed by atoms with van der Waals surface area (Å²) in [6.07, 6.45) is 2.33. The lowest BCUT2D eigenvalue weighted by Crippen LogP contribution is -2.41. The maximum Gasteiger partial charge on any atom is 0.163 e. The van der Waals surface area contributed by atoms with Gasteiger partial charge in [0.2, 0.25) is 0 Å². The Bertz CT molecular complexity index is 386. The summed E-state index contributed by atoms with van der Waals surface area (Å²) in [7, 11) is 0. The SMILES string of the molecule is CC1(C)OC[C@@H](CCC=O)[C@@H](c2ccccc2)O1. The fourth-order valence-corrected chi connectivity index (χ4v) is 2.33. The van der Waals surface area contributed by atoms with E-state index in [1.165, 1.54) is 0 Å². The molecule has 1 fully saturated rings. The molecule has 1 heterocycles. The Balaban J connectivity index is 2.16. The van der Waals surface area contributed by atoms with Crippen LogP contribution in [0.25, 0.3) is 0 Å². The molecule has 3 heteroatoms. The molecule has 0 N–H and O–H groups in total. The minimum Gasteiger partial charge on any atom is -0.350 e. The first-order chi connectivity index (χ1) is 8.62. The average Bonchev–Trinajstić information content (AvgIpc) is 2.38. The van der Waals surface area contributed by atoms with Gasteiger partial charge in [0.1, 0.15) is 6.29 Å². The minimum absolute atomic E-state index is 0.00917. The maximum absolute atomic E-state index is 10.5. The highest BCUT2D eigenvalue weighted by Gasteiger charge is 2.36. The summed E-state index contributed by atoms with van der Waals surface area (Å²) >= 11 is 0. The van der Waals surface area contributed by atoms with Crippen LogP contribution in [0.15, 0.2) is 30.3 Å². The number of benzene rings is 1. The number of ether oxygens (including phenoxy) is 2. The van der Waals surface area contributed by atoms with Gasteiger partial charge >= 0.3 is 0 Å². The van der Waals surface area contributed by atoms with Gasteiger partial charge in [-0.15, -0.1) is 0 Å². The van der Waals surface area contributed by atoms with Gasteiger partial charge in [-0.1, -0.05) is 30.3 Å². The van der Waals surface area contributed by atoms with Crippen molar-refractivity contribution >= 4 is 6.29 Å². The summed E-state index contributed by atoms with van der Waals surface area (Å²) < 4.78 is 11.7. The van der Waals surface area contributed by atoms with Gasteiger partial charge in [0, 0.05) is 12.3 Å². The number of carbonyl (C=O) groups excluding carboxylic acids is 1. The molecule has 0 radical (unpaired) electrons. The van der Waals surface area contributed by atoms with Crippen molar-refractivity contribution in [3.05, 3.63) is 35.9 Å². The van der Waals surface area contributed by atoms with Gasteiger partial charge in [-0.3, -0.25) is 0 Å². The fraction of sp³-hybridized carbons (Fsp3) is 0.533. The van der Waals surface area contributed by atoms with E-state index in [4.69, 9.17) is 9.47 Å². The summed E-state index contributed by atoms with van der Waals surface area (Å²) in [5.74, 6) is -0.316. The number of hydrogen-bond acceptors (Lipinski definition) is 3. The molecule has 0 bridgehead atoms. The molecule has 1 saturated heterocycles. The number of aldehydes is 1.